The lowest BCUT2D eigenvalue weighted by atomic mass is 10.0. The minimum Gasteiger partial charge on any atom is -0.394 e. The molecular formula is C18H23N5O3. The highest BCUT2D eigenvalue weighted by molar-refractivity contribution is 5.74. The van der Waals surface area contributed by atoms with E-state index in [2.05, 4.69) is 9.97 Å². The number of aliphatic hydroxyl groups excluding tert-OH is 2. The molecule has 0 saturated heterocycles. The highest BCUT2D eigenvalue weighted by atomic mass is 16.3. The Hall–Kier alpha value is -2.58. The van der Waals surface area contributed by atoms with Crippen molar-refractivity contribution < 1.29 is 15.0 Å². The number of likely N-dealkylation sites (N-methyl/N-ethyl adjacent to an activating group) is 1. The van der Waals surface area contributed by atoms with Gasteiger partial charge in [0, 0.05) is 50.6 Å². The summed E-state index contributed by atoms with van der Waals surface area (Å²) in [5, 5.41) is 18.9. The fourth-order valence-corrected chi connectivity index (χ4v) is 3.08. The maximum atomic E-state index is 11.8. The third-order valence-electron chi connectivity index (χ3n) is 4.47. The van der Waals surface area contributed by atoms with Gasteiger partial charge in [-0.2, -0.15) is 0 Å². The number of hydrogen-bond donors (Lipinski definition) is 2. The van der Waals surface area contributed by atoms with Crippen molar-refractivity contribution in [3.8, 4) is 11.4 Å². The summed E-state index contributed by atoms with van der Waals surface area (Å²) in [6.45, 7) is 2.54. The number of fused-ring (bicyclic) bond motifs is 1. The van der Waals surface area contributed by atoms with Crippen LogP contribution in [-0.2, 0) is 17.8 Å². The monoisotopic (exact) mass is 357 g/mol. The van der Waals surface area contributed by atoms with Gasteiger partial charge >= 0.3 is 0 Å². The summed E-state index contributed by atoms with van der Waals surface area (Å²) < 4.78 is 0. The topological polar surface area (TPSA) is 103 Å². The molecule has 0 aliphatic carbocycles. The Morgan fingerprint density at radius 2 is 2.23 bits per heavy atom. The Kier molecular flexibility index (Phi) is 5.43. The van der Waals surface area contributed by atoms with E-state index in [0.29, 0.717) is 31.2 Å². The average molecular weight is 357 g/mol. The number of carbonyl (C=O) groups excluding carboxylic acids is 1. The van der Waals surface area contributed by atoms with E-state index in [-0.39, 0.29) is 19.1 Å². The van der Waals surface area contributed by atoms with Crippen LogP contribution in [0.25, 0.3) is 11.4 Å². The molecule has 8 heteroatoms. The SMILES string of the molecule is CC(=O)N1CCc2c(nc(-c3cccnc3)nc2N(C)C[C@@H](O)CO)C1. The second kappa shape index (κ2) is 7.76. The molecule has 2 aromatic heterocycles. The molecular weight excluding hydrogens is 334 g/mol. The molecule has 138 valence electrons. The smallest absolute Gasteiger partial charge is 0.219 e. The van der Waals surface area contributed by atoms with E-state index in [4.69, 9.17) is 10.1 Å². The third-order valence-corrected chi connectivity index (χ3v) is 4.47. The Morgan fingerprint density at radius 3 is 2.88 bits per heavy atom. The van der Waals surface area contributed by atoms with Gasteiger partial charge in [-0.25, -0.2) is 9.97 Å². The van der Waals surface area contributed by atoms with E-state index in [1.54, 1.807) is 24.2 Å². The first kappa shape index (κ1) is 18.2. The van der Waals surface area contributed by atoms with Gasteiger partial charge in [-0.3, -0.25) is 9.78 Å². The van der Waals surface area contributed by atoms with Crippen LogP contribution in [0.1, 0.15) is 18.2 Å². The second-order valence-corrected chi connectivity index (χ2v) is 6.45. The molecule has 1 aliphatic rings. The van der Waals surface area contributed by atoms with Gasteiger partial charge in [0.1, 0.15) is 5.82 Å². The lowest BCUT2D eigenvalue weighted by Gasteiger charge is -2.31. The van der Waals surface area contributed by atoms with E-state index in [9.17, 15) is 9.90 Å². The highest BCUT2D eigenvalue weighted by Gasteiger charge is 2.26. The third kappa shape index (κ3) is 3.81. The zero-order chi connectivity index (χ0) is 18.7. The number of aliphatic hydroxyl groups is 2. The molecule has 0 spiro atoms. The van der Waals surface area contributed by atoms with Crippen LogP contribution in [0.5, 0.6) is 0 Å². The van der Waals surface area contributed by atoms with Crippen molar-refractivity contribution >= 4 is 11.7 Å². The van der Waals surface area contributed by atoms with Gasteiger partial charge in [0.2, 0.25) is 5.91 Å². The number of rotatable bonds is 5. The van der Waals surface area contributed by atoms with Crippen LogP contribution in [-0.4, -0.2) is 68.8 Å². The fraction of sp³-hybridized carbons (Fsp3) is 0.444. The lowest BCUT2D eigenvalue weighted by molar-refractivity contribution is -0.129. The molecule has 8 nitrogen and oxygen atoms in total. The molecule has 1 atom stereocenters. The van der Waals surface area contributed by atoms with Crippen LogP contribution in [0.15, 0.2) is 24.5 Å². The van der Waals surface area contributed by atoms with Gasteiger partial charge in [0.25, 0.3) is 0 Å². The van der Waals surface area contributed by atoms with Crippen molar-refractivity contribution in [2.75, 3.05) is 31.6 Å². The molecule has 0 fully saturated rings. The van der Waals surface area contributed by atoms with Gasteiger partial charge < -0.3 is 20.0 Å². The predicted octanol–water partition coefficient (Wildman–Crippen LogP) is 0.233. The summed E-state index contributed by atoms with van der Waals surface area (Å²) in [7, 11) is 1.83. The molecule has 3 rings (SSSR count). The zero-order valence-corrected chi connectivity index (χ0v) is 15.0. The molecule has 2 aromatic rings. The van der Waals surface area contributed by atoms with Crippen molar-refractivity contribution in [1.82, 2.24) is 19.9 Å². The molecule has 0 radical (unpaired) electrons. The van der Waals surface area contributed by atoms with Crippen LogP contribution in [0.3, 0.4) is 0 Å². The number of nitrogens with zero attached hydrogens (tertiary/aromatic N) is 5. The van der Waals surface area contributed by atoms with Crippen molar-refractivity contribution in [1.29, 1.82) is 0 Å². The summed E-state index contributed by atoms with van der Waals surface area (Å²) in [6, 6.07) is 3.70. The Labute approximate surface area is 152 Å². The van der Waals surface area contributed by atoms with E-state index < -0.39 is 6.10 Å². The second-order valence-electron chi connectivity index (χ2n) is 6.45. The van der Waals surface area contributed by atoms with Crippen molar-refractivity contribution in [3.63, 3.8) is 0 Å². The maximum absolute atomic E-state index is 11.8. The van der Waals surface area contributed by atoms with Crippen molar-refractivity contribution in [2.24, 2.45) is 0 Å². The number of aromatic nitrogens is 3. The molecule has 0 unspecified atom stereocenters. The standard InChI is InChI=1S/C18H23N5O3/c1-12(25)23-7-5-15-16(10-23)20-17(13-4-3-6-19-8-13)21-18(15)22(2)9-14(26)11-24/h3-4,6,8,14,24,26H,5,7,9-11H2,1-2H3/t14-/m1/s1. The van der Waals surface area contributed by atoms with Crippen molar-refractivity contribution in [3.05, 3.63) is 35.8 Å². The first-order valence-corrected chi connectivity index (χ1v) is 8.55. The molecule has 26 heavy (non-hydrogen) atoms. The van der Waals surface area contributed by atoms with Crippen LogP contribution < -0.4 is 4.90 Å². The van der Waals surface area contributed by atoms with Crippen LogP contribution in [0, 0.1) is 0 Å². The quantitative estimate of drug-likeness (QED) is 0.790. The zero-order valence-electron chi connectivity index (χ0n) is 15.0. The van der Waals surface area contributed by atoms with Crippen LogP contribution in [0.2, 0.25) is 0 Å². The molecule has 1 amide bonds. The Bertz CT molecular complexity index is 784. The first-order chi connectivity index (χ1) is 12.5. The maximum Gasteiger partial charge on any atom is 0.219 e. The normalized spacial score (nSPS) is 14.7. The van der Waals surface area contributed by atoms with Gasteiger partial charge in [-0.15, -0.1) is 0 Å². The largest absolute Gasteiger partial charge is 0.394 e. The van der Waals surface area contributed by atoms with E-state index >= 15 is 0 Å². The number of pyridine rings is 1. The number of anilines is 1. The first-order valence-electron chi connectivity index (χ1n) is 8.55. The van der Waals surface area contributed by atoms with E-state index in [1.807, 2.05) is 24.1 Å². The Balaban J connectivity index is 2.04. The number of carbonyl (C=O) groups is 1. The summed E-state index contributed by atoms with van der Waals surface area (Å²) in [6.07, 6.45) is 3.17. The molecule has 2 N–H and O–H groups in total. The van der Waals surface area contributed by atoms with Gasteiger partial charge in [0.05, 0.1) is 24.9 Å². The fourth-order valence-electron chi connectivity index (χ4n) is 3.08. The predicted molar refractivity (Wildman–Crippen MR) is 96.4 cm³/mol. The summed E-state index contributed by atoms with van der Waals surface area (Å²) in [4.78, 5) is 28.8. The highest BCUT2D eigenvalue weighted by Crippen LogP contribution is 2.29. The number of amides is 1. The van der Waals surface area contributed by atoms with Crippen LogP contribution >= 0.6 is 0 Å². The molecule has 0 aromatic carbocycles. The van der Waals surface area contributed by atoms with Gasteiger partial charge in [0.15, 0.2) is 5.82 Å². The molecule has 1 aliphatic heterocycles. The van der Waals surface area contributed by atoms with Gasteiger partial charge in [-0.05, 0) is 18.6 Å². The summed E-state index contributed by atoms with van der Waals surface area (Å²) in [5.41, 5.74) is 2.57. The summed E-state index contributed by atoms with van der Waals surface area (Å²) in [5.74, 6) is 1.26. The van der Waals surface area contributed by atoms with Crippen LogP contribution in [0.4, 0.5) is 5.82 Å². The molecule has 0 saturated carbocycles. The summed E-state index contributed by atoms with van der Waals surface area (Å²) >= 11 is 0. The lowest BCUT2D eigenvalue weighted by Crippen LogP contribution is -2.37. The minimum absolute atomic E-state index is 0.0165. The Morgan fingerprint density at radius 1 is 1.42 bits per heavy atom. The minimum atomic E-state index is -0.857. The van der Waals surface area contributed by atoms with Crippen molar-refractivity contribution in [2.45, 2.75) is 26.0 Å². The van der Waals surface area contributed by atoms with E-state index in [1.165, 1.54) is 0 Å². The van der Waals surface area contributed by atoms with E-state index in [0.717, 1.165) is 16.8 Å². The van der Waals surface area contributed by atoms with Gasteiger partial charge in [-0.1, -0.05) is 0 Å². The molecule has 3 heterocycles. The number of hydrogen-bond acceptors (Lipinski definition) is 7. The average Bonchev–Trinajstić information content (AvgIpc) is 2.67. The molecule has 0 bridgehead atoms.